The van der Waals surface area contributed by atoms with E-state index in [2.05, 4.69) is 25.6 Å². The highest BCUT2D eigenvalue weighted by Gasteiger charge is 2.22. The summed E-state index contributed by atoms with van der Waals surface area (Å²) in [6, 6.07) is 19.2. The number of rotatable bonds is 11. The Labute approximate surface area is 219 Å². The number of benzene rings is 3. The maximum Gasteiger partial charge on any atom is 0.343 e. The standard InChI is InChI=1S/C32H36O5/c1-3-6-23-7-9-24(10-8-23)25-13-16-29(17-14-25)37-32(34)28-12-11-27-22-30(18-15-26(27)21-28)35-19-5-20-36-31(33)4-2/h4,11-18,21-24H,2-3,5-10,19-20H2,1H3. The number of hydrogen-bond acceptors (Lipinski definition) is 5. The summed E-state index contributed by atoms with van der Waals surface area (Å²) in [6.45, 7) is 6.35. The van der Waals surface area contributed by atoms with Crippen LogP contribution in [0, 0.1) is 5.92 Å². The van der Waals surface area contributed by atoms with Crippen LogP contribution in [0.4, 0.5) is 0 Å². The van der Waals surface area contributed by atoms with E-state index >= 15 is 0 Å². The Bertz CT molecular complexity index is 1210. The van der Waals surface area contributed by atoms with Crippen molar-refractivity contribution in [2.75, 3.05) is 13.2 Å². The van der Waals surface area contributed by atoms with Crippen LogP contribution < -0.4 is 9.47 Å². The molecule has 3 aromatic rings. The van der Waals surface area contributed by atoms with Crippen molar-refractivity contribution in [3.8, 4) is 11.5 Å². The van der Waals surface area contributed by atoms with Crippen LogP contribution >= 0.6 is 0 Å². The molecule has 0 amide bonds. The normalized spacial score (nSPS) is 17.2. The largest absolute Gasteiger partial charge is 0.493 e. The Morgan fingerprint density at radius 2 is 1.59 bits per heavy atom. The molecule has 1 fully saturated rings. The molecular formula is C32H36O5. The summed E-state index contributed by atoms with van der Waals surface area (Å²) >= 11 is 0. The average molecular weight is 501 g/mol. The van der Waals surface area contributed by atoms with Gasteiger partial charge in [0.25, 0.3) is 0 Å². The minimum atomic E-state index is -0.433. The lowest BCUT2D eigenvalue weighted by atomic mass is 9.77. The van der Waals surface area contributed by atoms with E-state index < -0.39 is 5.97 Å². The lowest BCUT2D eigenvalue weighted by Gasteiger charge is -2.28. The molecule has 0 aromatic heterocycles. The van der Waals surface area contributed by atoms with Gasteiger partial charge in [0.15, 0.2) is 0 Å². The molecule has 0 saturated heterocycles. The summed E-state index contributed by atoms with van der Waals surface area (Å²) in [5.74, 6) is 1.99. The monoisotopic (exact) mass is 500 g/mol. The first-order chi connectivity index (χ1) is 18.1. The molecule has 37 heavy (non-hydrogen) atoms. The van der Waals surface area contributed by atoms with E-state index in [1.54, 1.807) is 6.07 Å². The Morgan fingerprint density at radius 3 is 2.32 bits per heavy atom. The molecule has 0 radical (unpaired) electrons. The van der Waals surface area contributed by atoms with Gasteiger partial charge in [-0.15, -0.1) is 0 Å². The van der Waals surface area contributed by atoms with Crippen molar-refractivity contribution in [3.63, 3.8) is 0 Å². The molecule has 5 heteroatoms. The Balaban J connectivity index is 1.29. The van der Waals surface area contributed by atoms with Crippen LogP contribution in [-0.4, -0.2) is 25.2 Å². The highest BCUT2D eigenvalue weighted by Crippen LogP contribution is 2.38. The predicted octanol–water partition coefficient (Wildman–Crippen LogP) is 7.63. The molecule has 1 saturated carbocycles. The molecule has 0 N–H and O–H groups in total. The van der Waals surface area contributed by atoms with Gasteiger partial charge < -0.3 is 14.2 Å². The van der Waals surface area contributed by atoms with Crippen LogP contribution in [0.3, 0.4) is 0 Å². The summed E-state index contributed by atoms with van der Waals surface area (Å²) in [6.07, 6.45) is 9.49. The molecule has 0 heterocycles. The number of carbonyl (C=O) groups is 2. The van der Waals surface area contributed by atoms with E-state index in [1.807, 2.05) is 42.5 Å². The smallest absolute Gasteiger partial charge is 0.343 e. The fraction of sp³-hybridized carbons (Fsp3) is 0.375. The Kier molecular flexibility index (Phi) is 9.36. The van der Waals surface area contributed by atoms with Gasteiger partial charge in [0.1, 0.15) is 11.5 Å². The maximum atomic E-state index is 12.8. The molecule has 3 aromatic carbocycles. The van der Waals surface area contributed by atoms with Crippen LogP contribution in [0.15, 0.2) is 73.3 Å². The van der Waals surface area contributed by atoms with Crippen molar-refractivity contribution in [3.05, 3.63) is 84.4 Å². The molecule has 1 aliphatic rings. The molecule has 0 bridgehead atoms. The van der Waals surface area contributed by atoms with Gasteiger partial charge in [-0.25, -0.2) is 9.59 Å². The van der Waals surface area contributed by atoms with Crippen LogP contribution in [-0.2, 0) is 9.53 Å². The van der Waals surface area contributed by atoms with Gasteiger partial charge in [0.2, 0.25) is 0 Å². The molecule has 0 unspecified atom stereocenters. The molecule has 0 aliphatic heterocycles. The first-order valence-corrected chi connectivity index (χ1v) is 13.3. The summed E-state index contributed by atoms with van der Waals surface area (Å²) in [5, 5.41) is 1.89. The van der Waals surface area contributed by atoms with Gasteiger partial charge in [-0.3, -0.25) is 0 Å². The average Bonchev–Trinajstić information content (AvgIpc) is 2.93. The summed E-state index contributed by atoms with van der Waals surface area (Å²) in [4.78, 5) is 23.8. The topological polar surface area (TPSA) is 61.8 Å². The first-order valence-electron chi connectivity index (χ1n) is 13.3. The number of carbonyl (C=O) groups excluding carboxylic acids is 2. The second-order valence-corrected chi connectivity index (χ2v) is 9.76. The fourth-order valence-corrected chi connectivity index (χ4v) is 5.09. The fourth-order valence-electron chi connectivity index (χ4n) is 5.09. The zero-order chi connectivity index (χ0) is 26.0. The van der Waals surface area contributed by atoms with E-state index in [0.29, 0.717) is 30.3 Å². The Hall–Kier alpha value is -3.60. The molecule has 5 nitrogen and oxygen atoms in total. The van der Waals surface area contributed by atoms with Crippen molar-refractivity contribution in [1.29, 1.82) is 0 Å². The molecule has 0 atom stereocenters. The minimum absolute atomic E-state index is 0.284. The zero-order valence-electron chi connectivity index (χ0n) is 21.6. The SMILES string of the molecule is C=CC(=O)OCCCOc1ccc2cc(C(=O)Oc3ccc(C4CCC(CCC)CC4)cc3)ccc2c1. The zero-order valence-corrected chi connectivity index (χ0v) is 21.6. The lowest BCUT2D eigenvalue weighted by Crippen LogP contribution is -2.13. The van der Waals surface area contributed by atoms with Gasteiger partial charge >= 0.3 is 11.9 Å². The van der Waals surface area contributed by atoms with Gasteiger partial charge in [0.05, 0.1) is 18.8 Å². The number of ether oxygens (including phenoxy) is 3. The van der Waals surface area contributed by atoms with E-state index in [4.69, 9.17) is 14.2 Å². The second kappa shape index (κ2) is 13.1. The molecule has 1 aliphatic carbocycles. The third-order valence-corrected chi connectivity index (χ3v) is 7.12. The van der Waals surface area contributed by atoms with Crippen LogP contribution in [0.1, 0.15) is 73.7 Å². The third kappa shape index (κ3) is 7.45. The number of hydrogen-bond donors (Lipinski definition) is 0. The number of esters is 2. The van der Waals surface area contributed by atoms with E-state index in [0.717, 1.165) is 28.5 Å². The first kappa shape index (κ1) is 26.5. The summed E-state index contributed by atoms with van der Waals surface area (Å²) in [7, 11) is 0. The van der Waals surface area contributed by atoms with E-state index in [1.165, 1.54) is 44.1 Å². The quantitative estimate of drug-likeness (QED) is 0.117. The second-order valence-electron chi connectivity index (χ2n) is 9.76. The van der Waals surface area contributed by atoms with Crippen molar-refractivity contribution in [1.82, 2.24) is 0 Å². The van der Waals surface area contributed by atoms with Crippen molar-refractivity contribution in [2.45, 2.75) is 57.8 Å². The molecule has 4 rings (SSSR count). The minimum Gasteiger partial charge on any atom is -0.493 e. The van der Waals surface area contributed by atoms with Crippen molar-refractivity contribution >= 4 is 22.7 Å². The highest BCUT2D eigenvalue weighted by atomic mass is 16.5. The lowest BCUT2D eigenvalue weighted by molar-refractivity contribution is -0.137. The molecule has 194 valence electrons. The summed E-state index contributed by atoms with van der Waals surface area (Å²) in [5.41, 5.74) is 1.85. The summed E-state index contributed by atoms with van der Waals surface area (Å²) < 4.78 is 16.3. The van der Waals surface area contributed by atoms with Gasteiger partial charge in [-0.2, -0.15) is 0 Å². The Morgan fingerprint density at radius 1 is 0.892 bits per heavy atom. The maximum absolute atomic E-state index is 12.8. The van der Waals surface area contributed by atoms with Crippen molar-refractivity contribution < 1.29 is 23.8 Å². The molecular weight excluding hydrogens is 464 g/mol. The van der Waals surface area contributed by atoms with Gasteiger partial charge in [0, 0.05) is 12.5 Å². The van der Waals surface area contributed by atoms with Crippen LogP contribution in [0.2, 0.25) is 0 Å². The van der Waals surface area contributed by atoms with Crippen LogP contribution in [0.25, 0.3) is 10.8 Å². The van der Waals surface area contributed by atoms with Gasteiger partial charge in [-0.05, 0) is 90.3 Å². The predicted molar refractivity (Wildman–Crippen MR) is 146 cm³/mol. The van der Waals surface area contributed by atoms with Gasteiger partial charge in [-0.1, -0.05) is 50.6 Å². The third-order valence-electron chi connectivity index (χ3n) is 7.12. The number of fused-ring (bicyclic) bond motifs is 1. The van der Waals surface area contributed by atoms with E-state index in [-0.39, 0.29) is 12.6 Å². The highest BCUT2D eigenvalue weighted by molar-refractivity contribution is 5.96. The molecule has 0 spiro atoms. The van der Waals surface area contributed by atoms with E-state index in [9.17, 15) is 9.59 Å². The van der Waals surface area contributed by atoms with Crippen LogP contribution in [0.5, 0.6) is 11.5 Å². The van der Waals surface area contributed by atoms with Crippen molar-refractivity contribution in [2.24, 2.45) is 5.92 Å².